The first-order chi connectivity index (χ1) is 9.00. The van der Waals surface area contributed by atoms with E-state index in [1.54, 1.807) is 0 Å². The molecule has 0 atom stereocenters. The van der Waals surface area contributed by atoms with E-state index in [4.69, 9.17) is 6.42 Å². The van der Waals surface area contributed by atoms with Gasteiger partial charge in [-0.15, -0.1) is 6.42 Å². The Morgan fingerprint density at radius 1 is 1.45 bits per heavy atom. The summed E-state index contributed by atoms with van der Waals surface area (Å²) in [5.74, 6) is 1.17. The van der Waals surface area contributed by atoms with Crippen LogP contribution in [0.4, 0.5) is 10.1 Å². The zero-order chi connectivity index (χ0) is 15.7. The first kappa shape index (κ1) is 16.1. The van der Waals surface area contributed by atoms with Crippen molar-refractivity contribution in [3.05, 3.63) is 33.6 Å². The third kappa shape index (κ3) is 3.31. The van der Waals surface area contributed by atoms with Gasteiger partial charge in [-0.05, 0) is 32.4 Å². The van der Waals surface area contributed by atoms with E-state index in [1.165, 1.54) is 20.8 Å². The summed E-state index contributed by atoms with van der Waals surface area (Å²) in [4.78, 5) is 9.32. The van der Waals surface area contributed by atoms with Crippen molar-refractivity contribution in [1.29, 1.82) is 0 Å². The van der Waals surface area contributed by atoms with Crippen LogP contribution in [0.5, 0.6) is 0 Å². The number of nitrogens with zero attached hydrogens (tertiary/aromatic N) is 1. The van der Waals surface area contributed by atoms with Gasteiger partial charge in [-0.2, -0.15) is 9.11 Å². The summed E-state index contributed by atoms with van der Waals surface area (Å²) in [6.45, 7) is 4.15. The molecule has 1 aromatic rings. The van der Waals surface area contributed by atoms with Gasteiger partial charge in [0.1, 0.15) is 0 Å². The predicted molar refractivity (Wildman–Crippen MR) is 71.0 cm³/mol. The first-order valence-corrected chi connectivity index (χ1v) is 6.95. The summed E-state index contributed by atoms with van der Waals surface area (Å²) in [5, 5.41) is 10.7. The van der Waals surface area contributed by atoms with Crippen molar-refractivity contribution in [3.8, 4) is 12.3 Å². The average Bonchev–Trinajstić information content (AvgIpc) is 2.30. The van der Waals surface area contributed by atoms with E-state index >= 15 is 0 Å². The highest BCUT2D eigenvalue weighted by Crippen LogP contribution is 2.25. The van der Waals surface area contributed by atoms with Gasteiger partial charge in [0.15, 0.2) is 0 Å². The van der Waals surface area contributed by atoms with Crippen LogP contribution in [0.15, 0.2) is 17.0 Å². The second-order valence-electron chi connectivity index (χ2n) is 4.71. The lowest BCUT2D eigenvalue weighted by molar-refractivity contribution is -0.387. The fourth-order valence-electron chi connectivity index (χ4n) is 1.43. The van der Waals surface area contributed by atoms with Crippen LogP contribution in [0.2, 0.25) is 0 Å². The molecule has 108 valence electrons. The number of hydrogen-bond donors (Lipinski definition) is 1. The quantitative estimate of drug-likeness (QED) is 0.521. The lowest BCUT2D eigenvalue weighted by Gasteiger charge is -2.19. The number of sulfonamides is 1. The monoisotopic (exact) mass is 300 g/mol. The van der Waals surface area contributed by atoms with Gasteiger partial charge >= 0.3 is 5.69 Å². The zero-order valence-corrected chi connectivity index (χ0v) is 11.9. The second kappa shape index (κ2) is 5.19. The van der Waals surface area contributed by atoms with Crippen molar-refractivity contribution < 1.29 is 17.7 Å². The Labute approximate surface area is 116 Å². The highest BCUT2D eigenvalue weighted by atomic mass is 32.2. The SMILES string of the molecule is C#CC(C)(C)NS(=O)(=O)c1cc(C)c(F)c([N+](=O)[O-])c1. The topological polar surface area (TPSA) is 89.3 Å². The lowest BCUT2D eigenvalue weighted by atomic mass is 10.1. The fraction of sp³-hybridized carbons (Fsp3) is 0.333. The maximum Gasteiger partial charge on any atom is 0.306 e. The molecular weight excluding hydrogens is 287 g/mol. The Balaban J connectivity index is 3.42. The predicted octanol–water partition coefficient (Wildman–Crippen LogP) is 1.73. The summed E-state index contributed by atoms with van der Waals surface area (Å²) in [5.41, 5.74) is -2.21. The van der Waals surface area contributed by atoms with Gasteiger partial charge in [0.05, 0.1) is 15.4 Å². The molecule has 6 nitrogen and oxygen atoms in total. The van der Waals surface area contributed by atoms with Crippen molar-refractivity contribution in [2.75, 3.05) is 0 Å². The van der Waals surface area contributed by atoms with Crippen LogP contribution in [-0.4, -0.2) is 18.9 Å². The van der Waals surface area contributed by atoms with E-state index in [0.29, 0.717) is 6.07 Å². The van der Waals surface area contributed by atoms with Crippen molar-refractivity contribution in [2.45, 2.75) is 31.2 Å². The number of benzene rings is 1. The number of terminal acetylenes is 1. The maximum absolute atomic E-state index is 13.5. The van der Waals surface area contributed by atoms with Crippen LogP contribution in [0, 0.1) is 35.2 Å². The van der Waals surface area contributed by atoms with Gasteiger partial charge in [0.2, 0.25) is 15.8 Å². The normalized spacial score (nSPS) is 11.9. The molecule has 0 bridgehead atoms. The molecule has 1 rings (SSSR count). The minimum Gasteiger partial charge on any atom is -0.258 e. The molecule has 0 saturated carbocycles. The van der Waals surface area contributed by atoms with Gasteiger partial charge in [0, 0.05) is 6.07 Å². The van der Waals surface area contributed by atoms with Crippen LogP contribution >= 0.6 is 0 Å². The molecule has 0 aliphatic heterocycles. The number of nitro groups is 1. The average molecular weight is 300 g/mol. The molecule has 0 fully saturated rings. The van der Waals surface area contributed by atoms with E-state index in [0.717, 1.165) is 6.07 Å². The standard InChI is InChI=1S/C12H13FN2O4S/c1-5-12(3,4)14-20(18,19)9-6-8(2)11(13)10(7-9)15(16)17/h1,6-7,14H,2-4H3. The highest BCUT2D eigenvalue weighted by molar-refractivity contribution is 7.89. The van der Waals surface area contributed by atoms with Gasteiger partial charge in [-0.1, -0.05) is 5.92 Å². The Morgan fingerprint density at radius 3 is 2.45 bits per heavy atom. The second-order valence-corrected chi connectivity index (χ2v) is 6.39. The summed E-state index contributed by atoms with van der Waals surface area (Å²) < 4.78 is 39.9. The minimum atomic E-state index is -4.09. The largest absolute Gasteiger partial charge is 0.306 e. The van der Waals surface area contributed by atoms with Crippen molar-refractivity contribution >= 4 is 15.7 Å². The van der Waals surface area contributed by atoms with E-state index in [9.17, 15) is 22.9 Å². The lowest BCUT2D eigenvalue weighted by Crippen LogP contribution is -2.42. The molecule has 0 heterocycles. The molecule has 0 saturated heterocycles. The van der Waals surface area contributed by atoms with E-state index in [1.807, 2.05) is 0 Å². The summed E-state index contributed by atoms with van der Waals surface area (Å²) in [7, 11) is -4.09. The van der Waals surface area contributed by atoms with Crippen LogP contribution in [0.3, 0.4) is 0 Å². The van der Waals surface area contributed by atoms with Gasteiger partial charge < -0.3 is 0 Å². The van der Waals surface area contributed by atoms with Crippen molar-refractivity contribution in [3.63, 3.8) is 0 Å². The number of halogens is 1. The maximum atomic E-state index is 13.5. The molecule has 0 spiro atoms. The molecule has 0 amide bonds. The van der Waals surface area contributed by atoms with Crippen LogP contribution in [0.1, 0.15) is 19.4 Å². The molecule has 0 unspecified atom stereocenters. The first-order valence-electron chi connectivity index (χ1n) is 5.46. The molecule has 8 heteroatoms. The number of hydrogen-bond acceptors (Lipinski definition) is 4. The van der Waals surface area contributed by atoms with Crippen LogP contribution < -0.4 is 4.72 Å². The van der Waals surface area contributed by atoms with E-state index in [-0.39, 0.29) is 5.56 Å². The van der Waals surface area contributed by atoms with Crippen LogP contribution in [-0.2, 0) is 10.0 Å². The summed E-state index contributed by atoms with van der Waals surface area (Å²) in [6, 6.07) is 1.68. The van der Waals surface area contributed by atoms with Gasteiger partial charge in [0.25, 0.3) is 0 Å². The molecular formula is C12H13FN2O4S. The number of nitrogens with one attached hydrogen (secondary N) is 1. The van der Waals surface area contributed by atoms with E-state index < -0.39 is 36.9 Å². The molecule has 0 radical (unpaired) electrons. The number of rotatable bonds is 4. The minimum absolute atomic E-state index is 0.141. The Kier molecular flexibility index (Phi) is 4.17. The fourth-order valence-corrected chi connectivity index (χ4v) is 2.88. The van der Waals surface area contributed by atoms with Gasteiger partial charge in [-0.3, -0.25) is 10.1 Å². The summed E-state index contributed by atoms with van der Waals surface area (Å²) >= 11 is 0. The van der Waals surface area contributed by atoms with Crippen LogP contribution in [0.25, 0.3) is 0 Å². The third-order valence-electron chi connectivity index (χ3n) is 2.47. The molecule has 1 N–H and O–H groups in total. The molecule has 1 aromatic carbocycles. The Bertz CT molecular complexity index is 705. The highest BCUT2D eigenvalue weighted by Gasteiger charge is 2.28. The molecule has 20 heavy (non-hydrogen) atoms. The number of nitro benzene ring substituents is 1. The van der Waals surface area contributed by atoms with E-state index in [2.05, 4.69) is 10.6 Å². The van der Waals surface area contributed by atoms with Crippen molar-refractivity contribution in [2.24, 2.45) is 0 Å². The number of aryl methyl sites for hydroxylation is 1. The van der Waals surface area contributed by atoms with Gasteiger partial charge in [-0.25, -0.2) is 8.42 Å². The Morgan fingerprint density at radius 2 is 2.00 bits per heavy atom. The third-order valence-corrected chi connectivity index (χ3v) is 4.10. The smallest absolute Gasteiger partial charge is 0.258 e. The summed E-state index contributed by atoms with van der Waals surface area (Å²) in [6.07, 6.45) is 5.18. The Hall–Kier alpha value is -1.98. The molecule has 0 aliphatic rings. The molecule has 0 aromatic heterocycles. The van der Waals surface area contributed by atoms with Crippen molar-refractivity contribution in [1.82, 2.24) is 4.72 Å². The molecule has 0 aliphatic carbocycles. The zero-order valence-electron chi connectivity index (χ0n) is 11.1.